The molecule has 0 spiro atoms. The summed E-state index contributed by atoms with van der Waals surface area (Å²) in [6.07, 6.45) is 2.45. The number of nitrogens with one attached hydrogen (secondary N) is 1. The summed E-state index contributed by atoms with van der Waals surface area (Å²) in [5.74, 6) is 1.28. The predicted octanol–water partition coefficient (Wildman–Crippen LogP) is 4.66. The summed E-state index contributed by atoms with van der Waals surface area (Å²) in [7, 11) is 3.23. The minimum absolute atomic E-state index is 0.0413. The van der Waals surface area contributed by atoms with Crippen molar-refractivity contribution in [2.45, 2.75) is 46.1 Å². The Morgan fingerprint density at radius 3 is 2.36 bits per heavy atom. The number of hydrogen-bond acceptors (Lipinski definition) is 4. The second kappa shape index (κ2) is 11.1. The fourth-order valence-electron chi connectivity index (χ4n) is 4.29. The molecule has 1 N–H and O–H groups in total. The minimum atomic E-state index is -0.258. The van der Waals surface area contributed by atoms with E-state index in [0.29, 0.717) is 24.6 Å². The maximum Gasteiger partial charge on any atom is 0.322 e. The van der Waals surface area contributed by atoms with E-state index in [-0.39, 0.29) is 24.5 Å². The van der Waals surface area contributed by atoms with Crippen LogP contribution in [0.1, 0.15) is 49.9 Å². The third-order valence-corrected chi connectivity index (χ3v) is 6.23. The summed E-state index contributed by atoms with van der Waals surface area (Å²) < 4.78 is 10.9. The maximum absolute atomic E-state index is 13.3. The average molecular weight is 454 g/mol. The first-order valence-electron chi connectivity index (χ1n) is 11.6. The van der Waals surface area contributed by atoms with Crippen molar-refractivity contribution in [3.05, 3.63) is 53.1 Å². The van der Waals surface area contributed by atoms with Gasteiger partial charge in [0.15, 0.2) is 11.5 Å². The molecule has 3 rings (SSSR count). The van der Waals surface area contributed by atoms with Gasteiger partial charge in [0, 0.05) is 18.8 Å². The number of urea groups is 1. The van der Waals surface area contributed by atoms with E-state index in [2.05, 4.69) is 12.2 Å². The molecule has 178 valence electrons. The van der Waals surface area contributed by atoms with Crippen LogP contribution in [0, 0.1) is 0 Å². The maximum atomic E-state index is 13.3. The summed E-state index contributed by atoms with van der Waals surface area (Å²) in [5, 5.41) is 2.93. The van der Waals surface area contributed by atoms with Gasteiger partial charge in [-0.1, -0.05) is 26.0 Å². The van der Waals surface area contributed by atoms with Crippen molar-refractivity contribution < 1.29 is 19.1 Å². The first kappa shape index (κ1) is 24.4. The molecule has 1 aliphatic heterocycles. The number of carbonyl (C=O) groups excluding carboxylic acids is 2. The molecule has 3 amide bonds. The van der Waals surface area contributed by atoms with Crippen molar-refractivity contribution in [2.75, 3.05) is 39.2 Å². The molecule has 0 saturated heterocycles. The fraction of sp³-hybridized carbons (Fsp3) is 0.462. The molecule has 0 fully saturated rings. The van der Waals surface area contributed by atoms with Crippen LogP contribution in [0.2, 0.25) is 0 Å². The number of ether oxygens (including phenoxy) is 2. The molecule has 0 bridgehead atoms. The van der Waals surface area contributed by atoms with Crippen molar-refractivity contribution >= 4 is 17.6 Å². The van der Waals surface area contributed by atoms with E-state index in [0.717, 1.165) is 36.1 Å². The van der Waals surface area contributed by atoms with Crippen LogP contribution in [0.5, 0.6) is 11.5 Å². The lowest BCUT2D eigenvalue weighted by atomic mass is 9.92. The highest BCUT2D eigenvalue weighted by atomic mass is 16.5. The Hall–Kier alpha value is -3.22. The third-order valence-electron chi connectivity index (χ3n) is 6.23. The standard InChI is InChI=1S/C26H35N3O4/c1-6-13-28(26(31)27-21-10-8-19(7-2)9-11-21)17-25(30)29-14-12-20-15-23(32-4)24(33-5)16-22(20)18(29)3/h8-11,15-16,18H,6-7,12-14,17H2,1-5H3,(H,27,31). The Morgan fingerprint density at radius 1 is 1.09 bits per heavy atom. The number of nitrogens with zero attached hydrogens (tertiary/aromatic N) is 2. The number of hydrogen-bond donors (Lipinski definition) is 1. The van der Waals surface area contributed by atoms with Crippen LogP contribution in [0.15, 0.2) is 36.4 Å². The van der Waals surface area contributed by atoms with E-state index in [1.54, 1.807) is 19.1 Å². The third kappa shape index (κ3) is 5.59. The molecular weight excluding hydrogens is 418 g/mol. The van der Waals surface area contributed by atoms with Crippen LogP contribution >= 0.6 is 0 Å². The SMILES string of the molecule is CCCN(CC(=O)N1CCc2cc(OC)c(OC)cc2C1C)C(=O)Nc1ccc(CC)cc1. The van der Waals surface area contributed by atoms with Crippen LogP contribution in [-0.2, 0) is 17.6 Å². The zero-order valence-corrected chi connectivity index (χ0v) is 20.3. The largest absolute Gasteiger partial charge is 0.493 e. The quantitative estimate of drug-likeness (QED) is 0.631. The van der Waals surface area contributed by atoms with E-state index in [1.165, 1.54) is 5.56 Å². The van der Waals surface area contributed by atoms with Gasteiger partial charge in [0.25, 0.3) is 0 Å². The van der Waals surface area contributed by atoms with E-state index in [1.807, 2.05) is 55.1 Å². The van der Waals surface area contributed by atoms with Gasteiger partial charge in [0.2, 0.25) is 5.91 Å². The molecule has 7 heteroatoms. The van der Waals surface area contributed by atoms with Crippen molar-refractivity contribution in [3.63, 3.8) is 0 Å². The average Bonchev–Trinajstić information content (AvgIpc) is 2.83. The van der Waals surface area contributed by atoms with Crippen molar-refractivity contribution in [2.24, 2.45) is 0 Å². The molecule has 2 aromatic rings. The summed E-state index contributed by atoms with van der Waals surface area (Å²) in [6.45, 7) is 7.26. The Kier molecular flexibility index (Phi) is 8.20. The van der Waals surface area contributed by atoms with Crippen LogP contribution < -0.4 is 14.8 Å². The molecule has 0 radical (unpaired) electrons. The van der Waals surface area contributed by atoms with Gasteiger partial charge in [-0.2, -0.15) is 0 Å². The van der Waals surface area contributed by atoms with Gasteiger partial charge in [-0.05, 0) is 67.1 Å². The van der Waals surface area contributed by atoms with Crippen molar-refractivity contribution in [3.8, 4) is 11.5 Å². The number of rotatable bonds is 8. The molecule has 33 heavy (non-hydrogen) atoms. The summed E-state index contributed by atoms with van der Waals surface area (Å²) in [4.78, 5) is 29.6. The normalized spacial score (nSPS) is 14.9. The fourth-order valence-corrected chi connectivity index (χ4v) is 4.29. The summed E-state index contributed by atoms with van der Waals surface area (Å²) >= 11 is 0. The Balaban J connectivity index is 1.71. The number of anilines is 1. The van der Waals surface area contributed by atoms with Gasteiger partial charge >= 0.3 is 6.03 Å². The van der Waals surface area contributed by atoms with E-state index < -0.39 is 0 Å². The smallest absolute Gasteiger partial charge is 0.322 e. The van der Waals surface area contributed by atoms with Crippen molar-refractivity contribution in [1.29, 1.82) is 0 Å². The number of amides is 3. The number of fused-ring (bicyclic) bond motifs is 1. The van der Waals surface area contributed by atoms with Crippen LogP contribution in [0.3, 0.4) is 0 Å². The van der Waals surface area contributed by atoms with Gasteiger partial charge in [0.05, 0.1) is 20.3 Å². The van der Waals surface area contributed by atoms with Crippen LogP contribution in [0.4, 0.5) is 10.5 Å². The molecule has 0 saturated carbocycles. The molecule has 1 heterocycles. The lowest BCUT2D eigenvalue weighted by Crippen LogP contribution is -2.47. The highest BCUT2D eigenvalue weighted by Crippen LogP contribution is 2.37. The lowest BCUT2D eigenvalue weighted by Gasteiger charge is -2.37. The Morgan fingerprint density at radius 2 is 1.76 bits per heavy atom. The summed E-state index contributed by atoms with van der Waals surface area (Å²) in [6, 6.07) is 11.4. The topological polar surface area (TPSA) is 71.1 Å². The first-order valence-corrected chi connectivity index (χ1v) is 11.6. The van der Waals surface area contributed by atoms with Crippen LogP contribution in [-0.4, -0.2) is 55.6 Å². The zero-order chi connectivity index (χ0) is 24.0. The lowest BCUT2D eigenvalue weighted by molar-refractivity contribution is -0.134. The molecular formula is C26H35N3O4. The highest BCUT2D eigenvalue weighted by Gasteiger charge is 2.30. The first-order chi connectivity index (χ1) is 15.9. The molecule has 1 aliphatic rings. The van der Waals surface area contributed by atoms with E-state index >= 15 is 0 Å². The van der Waals surface area contributed by atoms with Crippen molar-refractivity contribution in [1.82, 2.24) is 9.80 Å². The number of benzene rings is 2. The monoisotopic (exact) mass is 453 g/mol. The molecule has 1 atom stereocenters. The Labute approximate surface area is 196 Å². The molecule has 2 aromatic carbocycles. The summed E-state index contributed by atoms with van der Waals surface area (Å²) in [5.41, 5.74) is 4.15. The highest BCUT2D eigenvalue weighted by molar-refractivity contribution is 5.92. The minimum Gasteiger partial charge on any atom is -0.493 e. The molecule has 0 aromatic heterocycles. The van der Waals surface area contributed by atoms with E-state index in [4.69, 9.17) is 9.47 Å². The predicted molar refractivity (Wildman–Crippen MR) is 130 cm³/mol. The van der Waals surface area contributed by atoms with Gasteiger partial charge in [-0.25, -0.2) is 4.79 Å². The van der Waals surface area contributed by atoms with Gasteiger partial charge in [-0.15, -0.1) is 0 Å². The molecule has 7 nitrogen and oxygen atoms in total. The van der Waals surface area contributed by atoms with Gasteiger partial charge < -0.3 is 24.6 Å². The second-order valence-corrected chi connectivity index (χ2v) is 8.32. The number of methoxy groups -OCH3 is 2. The molecule has 0 aliphatic carbocycles. The van der Waals surface area contributed by atoms with Gasteiger partial charge in [0.1, 0.15) is 6.54 Å². The number of carbonyl (C=O) groups is 2. The second-order valence-electron chi connectivity index (χ2n) is 8.32. The van der Waals surface area contributed by atoms with E-state index in [9.17, 15) is 9.59 Å². The molecule has 1 unspecified atom stereocenters. The van der Waals surface area contributed by atoms with Crippen LogP contribution in [0.25, 0.3) is 0 Å². The number of aryl methyl sites for hydroxylation is 1. The van der Waals surface area contributed by atoms with Gasteiger partial charge in [-0.3, -0.25) is 4.79 Å². The Bertz CT molecular complexity index is 974. The zero-order valence-electron chi connectivity index (χ0n) is 20.3.